The Labute approximate surface area is 141 Å². The Balaban J connectivity index is 2.33. The quantitative estimate of drug-likeness (QED) is 0.647. The van der Waals surface area contributed by atoms with Crippen molar-refractivity contribution in [1.82, 2.24) is 14.1 Å². The van der Waals surface area contributed by atoms with Crippen LogP contribution in [0.1, 0.15) is 5.56 Å². The molecule has 0 aliphatic heterocycles. The summed E-state index contributed by atoms with van der Waals surface area (Å²) in [5.74, 6) is 0. The second-order valence-corrected chi connectivity index (χ2v) is 7.76. The number of benzene rings is 1. The number of pyridine rings is 1. The van der Waals surface area contributed by atoms with E-state index < -0.39 is 20.3 Å². The monoisotopic (exact) mass is 365 g/mol. The number of nitrogens with zero attached hydrogens (tertiary/aromatic N) is 3. The lowest BCUT2D eigenvalue weighted by Crippen LogP contribution is -2.38. The number of aromatic nitrogens is 3. The minimum absolute atomic E-state index is 0.00903. The van der Waals surface area contributed by atoms with Gasteiger partial charge in [0.2, 0.25) is 0 Å². The number of halogens is 1. The molecule has 0 aliphatic rings. The fourth-order valence-electron chi connectivity index (χ4n) is 2.39. The molecule has 0 bridgehead atoms. The lowest BCUT2D eigenvalue weighted by atomic mass is 10.2. The van der Waals surface area contributed by atoms with Crippen LogP contribution < -0.4 is 11.2 Å². The van der Waals surface area contributed by atoms with Crippen molar-refractivity contribution in [2.24, 2.45) is 7.05 Å². The Hall–Kier alpha value is -2.45. The Morgan fingerprint density at radius 1 is 1.17 bits per heavy atom. The van der Waals surface area contributed by atoms with Gasteiger partial charge in [0.1, 0.15) is 10.5 Å². The highest BCUT2D eigenvalue weighted by atomic mass is 35.7. The van der Waals surface area contributed by atoms with E-state index in [1.807, 2.05) is 30.3 Å². The molecule has 0 spiro atoms. The SMILES string of the molecule is Cn1c(=O)c2cc(S(=O)(=O)Cl)cnc2n(Cc2ccccc2)c1=O. The summed E-state index contributed by atoms with van der Waals surface area (Å²) in [4.78, 5) is 28.4. The van der Waals surface area contributed by atoms with Crippen LogP contribution in [0.4, 0.5) is 0 Å². The van der Waals surface area contributed by atoms with Crippen LogP contribution in [0.5, 0.6) is 0 Å². The maximum absolute atomic E-state index is 12.4. The van der Waals surface area contributed by atoms with Gasteiger partial charge >= 0.3 is 5.69 Å². The molecule has 0 saturated heterocycles. The third-order valence-corrected chi connectivity index (χ3v) is 4.94. The first-order chi connectivity index (χ1) is 11.3. The second-order valence-electron chi connectivity index (χ2n) is 5.20. The maximum Gasteiger partial charge on any atom is 0.332 e. The minimum atomic E-state index is -4.03. The van der Waals surface area contributed by atoms with Crippen LogP contribution in [0, 0.1) is 0 Å². The minimum Gasteiger partial charge on any atom is -0.273 e. The summed E-state index contributed by atoms with van der Waals surface area (Å²) in [7, 11) is 2.60. The molecule has 3 rings (SSSR count). The molecule has 124 valence electrons. The Kier molecular flexibility index (Phi) is 4.02. The first kappa shape index (κ1) is 16.4. The summed E-state index contributed by atoms with van der Waals surface area (Å²) in [6.45, 7) is 0.199. The van der Waals surface area contributed by atoms with E-state index in [1.165, 1.54) is 11.6 Å². The highest BCUT2D eigenvalue weighted by Crippen LogP contribution is 2.17. The van der Waals surface area contributed by atoms with Gasteiger partial charge in [0.05, 0.1) is 11.9 Å². The molecule has 3 aromatic rings. The van der Waals surface area contributed by atoms with Gasteiger partial charge in [0, 0.05) is 23.9 Å². The van der Waals surface area contributed by atoms with E-state index in [1.54, 1.807) is 0 Å². The van der Waals surface area contributed by atoms with Crippen molar-refractivity contribution < 1.29 is 8.42 Å². The summed E-state index contributed by atoms with van der Waals surface area (Å²) in [6.07, 6.45) is 1.03. The van der Waals surface area contributed by atoms with Crippen molar-refractivity contribution in [2.75, 3.05) is 0 Å². The van der Waals surface area contributed by atoms with Crippen LogP contribution >= 0.6 is 10.7 Å². The molecular weight excluding hydrogens is 354 g/mol. The molecule has 2 heterocycles. The smallest absolute Gasteiger partial charge is 0.273 e. The third-order valence-electron chi connectivity index (χ3n) is 3.62. The molecule has 1 aromatic carbocycles. The highest BCUT2D eigenvalue weighted by molar-refractivity contribution is 8.13. The molecule has 2 aromatic heterocycles. The normalized spacial score (nSPS) is 11.8. The van der Waals surface area contributed by atoms with Crippen molar-refractivity contribution in [3.8, 4) is 0 Å². The highest BCUT2D eigenvalue weighted by Gasteiger charge is 2.17. The van der Waals surface area contributed by atoms with Gasteiger partial charge in [-0.3, -0.25) is 13.9 Å². The van der Waals surface area contributed by atoms with E-state index in [9.17, 15) is 18.0 Å². The molecule has 0 fully saturated rings. The maximum atomic E-state index is 12.4. The Morgan fingerprint density at radius 3 is 2.46 bits per heavy atom. The van der Waals surface area contributed by atoms with Crippen LogP contribution in [0.3, 0.4) is 0 Å². The van der Waals surface area contributed by atoms with Gasteiger partial charge in [-0.25, -0.2) is 18.2 Å². The average molecular weight is 366 g/mol. The number of fused-ring (bicyclic) bond motifs is 1. The van der Waals surface area contributed by atoms with Crippen molar-refractivity contribution in [2.45, 2.75) is 11.4 Å². The van der Waals surface area contributed by atoms with Crippen LogP contribution in [-0.2, 0) is 22.6 Å². The van der Waals surface area contributed by atoms with E-state index >= 15 is 0 Å². The Bertz CT molecular complexity index is 1150. The zero-order chi connectivity index (χ0) is 17.5. The zero-order valence-electron chi connectivity index (χ0n) is 12.5. The van der Waals surface area contributed by atoms with Crippen molar-refractivity contribution >= 4 is 30.8 Å². The summed E-state index contributed by atoms with van der Waals surface area (Å²) in [6, 6.07) is 10.3. The lowest BCUT2D eigenvalue weighted by Gasteiger charge is -2.11. The Morgan fingerprint density at radius 2 is 1.83 bits per heavy atom. The molecule has 0 aliphatic carbocycles. The van der Waals surface area contributed by atoms with E-state index in [-0.39, 0.29) is 22.5 Å². The number of rotatable bonds is 3. The molecule has 0 radical (unpaired) electrons. The fraction of sp³-hybridized carbons (Fsp3) is 0.133. The van der Waals surface area contributed by atoms with Crippen LogP contribution in [0.25, 0.3) is 11.0 Å². The van der Waals surface area contributed by atoms with Gasteiger partial charge in [-0.15, -0.1) is 0 Å². The van der Waals surface area contributed by atoms with Crippen LogP contribution in [0.15, 0.2) is 57.1 Å². The molecule has 9 heteroatoms. The molecular formula is C15H12ClN3O4S. The molecule has 0 unspecified atom stereocenters. The topological polar surface area (TPSA) is 91.0 Å². The summed E-state index contributed by atoms with van der Waals surface area (Å²) in [5, 5.41) is 0.00903. The molecule has 0 N–H and O–H groups in total. The van der Waals surface area contributed by atoms with E-state index in [4.69, 9.17) is 10.7 Å². The van der Waals surface area contributed by atoms with Crippen molar-refractivity contribution in [1.29, 1.82) is 0 Å². The number of hydrogen-bond donors (Lipinski definition) is 0. The van der Waals surface area contributed by atoms with E-state index in [0.717, 1.165) is 22.4 Å². The van der Waals surface area contributed by atoms with Crippen molar-refractivity contribution in [3.05, 3.63) is 69.0 Å². The van der Waals surface area contributed by atoms with Gasteiger partial charge in [-0.05, 0) is 11.6 Å². The van der Waals surface area contributed by atoms with Gasteiger partial charge in [0.15, 0.2) is 0 Å². The molecule has 24 heavy (non-hydrogen) atoms. The van der Waals surface area contributed by atoms with Crippen LogP contribution in [0.2, 0.25) is 0 Å². The average Bonchev–Trinajstić information content (AvgIpc) is 2.56. The first-order valence-electron chi connectivity index (χ1n) is 6.87. The largest absolute Gasteiger partial charge is 0.332 e. The predicted molar refractivity (Wildman–Crippen MR) is 89.8 cm³/mol. The summed E-state index contributed by atoms with van der Waals surface area (Å²) >= 11 is 0. The van der Waals surface area contributed by atoms with E-state index in [0.29, 0.717) is 0 Å². The molecule has 7 nitrogen and oxygen atoms in total. The summed E-state index contributed by atoms with van der Waals surface area (Å²) < 4.78 is 25.2. The standard InChI is InChI=1S/C15H12ClN3O4S/c1-18-14(20)12-7-11(24(16,22)23)8-17-13(12)19(15(18)21)9-10-5-3-2-4-6-10/h2-8H,9H2,1H3. The van der Waals surface area contributed by atoms with Gasteiger partial charge in [-0.2, -0.15) is 0 Å². The van der Waals surface area contributed by atoms with Crippen LogP contribution in [-0.4, -0.2) is 22.5 Å². The zero-order valence-corrected chi connectivity index (χ0v) is 14.1. The molecule has 0 amide bonds. The van der Waals surface area contributed by atoms with Gasteiger partial charge in [0.25, 0.3) is 14.6 Å². The second kappa shape index (κ2) is 5.88. The molecule has 0 saturated carbocycles. The predicted octanol–water partition coefficient (Wildman–Crippen LogP) is 1.07. The first-order valence-corrected chi connectivity index (χ1v) is 9.18. The van der Waals surface area contributed by atoms with Gasteiger partial charge < -0.3 is 0 Å². The lowest BCUT2D eigenvalue weighted by molar-refractivity contribution is 0.609. The molecule has 0 atom stereocenters. The third kappa shape index (κ3) is 2.85. The van der Waals surface area contributed by atoms with E-state index in [2.05, 4.69) is 4.98 Å². The van der Waals surface area contributed by atoms with Crippen molar-refractivity contribution in [3.63, 3.8) is 0 Å². The number of hydrogen-bond acceptors (Lipinski definition) is 5. The van der Waals surface area contributed by atoms with Gasteiger partial charge in [-0.1, -0.05) is 30.3 Å². The fourth-order valence-corrected chi connectivity index (χ4v) is 3.08. The summed E-state index contributed by atoms with van der Waals surface area (Å²) in [5.41, 5.74) is -0.217.